The number of likely N-dealkylation sites (tertiary alicyclic amines) is 1. The number of aromatic nitrogens is 1. The van der Waals surface area contributed by atoms with Gasteiger partial charge in [-0.25, -0.2) is 5.48 Å². The molecule has 0 spiro atoms. The molecule has 1 saturated heterocycles. The van der Waals surface area contributed by atoms with Gasteiger partial charge in [0.15, 0.2) is 0 Å². The fourth-order valence-electron chi connectivity index (χ4n) is 4.26. The first kappa shape index (κ1) is 21.7. The minimum Gasteiger partial charge on any atom is -0.489 e. The number of carbonyl (C=O) groups is 2. The van der Waals surface area contributed by atoms with Crippen molar-refractivity contribution in [3.8, 4) is 5.75 Å². The number of likely N-dealkylation sites (N-methyl/N-ethyl adjacent to an activating group) is 1. The standard InChI is InChI=1S/C24H26N4O4/c1-16-11-18(20-5-3-4-6-21(20)25-16)13-32-19-9-7-17(8-10-19)23(30)26-24(12-22(29)27-31)14-28(2)15-24/h3-11,31H,12-15H2,1-2H3,(H,26,30)(H,27,29). The third kappa shape index (κ3) is 4.71. The van der Waals surface area contributed by atoms with Crippen LogP contribution in [0.15, 0.2) is 54.6 Å². The number of hydrogen-bond acceptors (Lipinski definition) is 6. The molecule has 1 aliphatic rings. The first-order valence-corrected chi connectivity index (χ1v) is 10.4. The highest BCUT2D eigenvalue weighted by Gasteiger charge is 2.44. The summed E-state index contributed by atoms with van der Waals surface area (Å²) in [5, 5.41) is 12.8. The highest BCUT2D eigenvalue weighted by Crippen LogP contribution is 2.25. The molecule has 1 fully saturated rings. The molecule has 32 heavy (non-hydrogen) atoms. The van der Waals surface area contributed by atoms with Crippen molar-refractivity contribution >= 4 is 22.7 Å². The van der Waals surface area contributed by atoms with E-state index in [1.165, 1.54) is 0 Å². The quantitative estimate of drug-likeness (QED) is 0.390. The molecule has 2 aromatic carbocycles. The Labute approximate surface area is 186 Å². The minimum atomic E-state index is -0.686. The fourth-order valence-corrected chi connectivity index (χ4v) is 4.26. The molecule has 3 aromatic rings. The number of ether oxygens (including phenoxy) is 1. The van der Waals surface area contributed by atoms with Gasteiger partial charge in [0.1, 0.15) is 12.4 Å². The molecular formula is C24H26N4O4. The zero-order chi connectivity index (χ0) is 22.7. The van der Waals surface area contributed by atoms with Gasteiger partial charge in [0.2, 0.25) is 5.91 Å². The van der Waals surface area contributed by atoms with Crippen molar-refractivity contribution in [2.45, 2.75) is 25.5 Å². The van der Waals surface area contributed by atoms with E-state index in [-0.39, 0.29) is 12.3 Å². The Morgan fingerprint density at radius 3 is 2.56 bits per heavy atom. The zero-order valence-corrected chi connectivity index (χ0v) is 18.1. The van der Waals surface area contributed by atoms with Crippen LogP contribution < -0.4 is 15.5 Å². The van der Waals surface area contributed by atoms with E-state index in [0.29, 0.717) is 31.0 Å². The van der Waals surface area contributed by atoms with Gasteiger partial charge in [0.25, 0.3) is 5.91 Å². The third-order valence-corrected chi connectivity index (χ3v) is 5.59. The van der Waals surface area contributed by atoms with Gasteiger partial charge in [-0.2, -0.15) is 0 Å². The molecule has 4 rings (SSSR count). The number of hydrogen-bond donors (Lipinski definition) is 3. The molecule has 0 atom stereocenters. The Morgan fingerprint density at radius 2 is 1.88 bits per heavy atom. The highest BCUT2D eigenvalue weighted by molar-refractivity contribution is 5.95. The van der Waals surface area contributed by atoms with Gasteiger partial charge in [-0.15, -0.1) is 0 Å². The maximum atomic E-state index is 12.7. The summed E-state index contributed by atoms with van der Waals surface area (Å²) in [5.74, 6) is -0.148. The number of nitrogens with zero attached hydrogens (tertiary/aromatic N) is 2. The molecule has 0 aliphatic carbocycles. The second kappa shape index (κ2) is 8.94. The number of fused-ring (bicyclic) bond motifs is 1. The van der Waals surface area contributed by atoms with Gasteiger partial charge in [0.05, 0.1) is 17.5 Å². The number of carbonyl (C=O) groups excluding carboxylic acids is 2. The first-order chi connectivity index (χ1) is 15.4. The Morgan fingerprint density at radius 1 is 1.16 bits per heavy atom. The van der Waals surface area contributed by atoms with Gasteiger partial charge in [-0.05, 0) is 50.4 Å². The summed E-state index contributed by atoms with van der Waals surface area (Å²) in [5.41, 5.74) is 4.34. The van der Waals surface area contributed by atoms with Crippen molar-refractivity contribution in [1.29, 1.82) is 0 Å². The number of hydroxylamine groups is 1. The van der Waals surface area contributed by atoms with Gasteiger partial charge < -0.3 is 15.0 Å². The van der Waals surface area contributed by atoms with Crippen LogP contribution in [0.5, 0.6) is 5.75 Å². The number of aryl methyl sites for hydroxylation is 1. The van der Waals surface area contributed by atoms with Crippen LogP contribution in [0.2, 0.25) is 0 Å². The summed E-state index contributed by atoms with van der Waals surface area (Å²) in [4.78, 5) is 30.9. The summed E-state index contributed by atoms with van der Waals surface area (Å²) in [6.07, 6.45) is 0.0140. The maximum absolute atomic E-state index is 12.7. The smallest absolute Gasteiger partial charge is 0.251 e. The van der Waals surface area contributed by atoms with E-state index in [9.17, 15) is 9.59 Å². The molecule has 3 N–H and O–H groups in total. The molecule has 0 unspecified atom stereocenters. The normalized spacial score (nSPS) is 15.1. The topological polar surface area (TPSA) is 104 Å². The molecule has 0 radical (unpaired) electrons. The zero-order valence-electron chi connectivity index (χ0n) is 18.1. The molecule has 0 saturated carbocycles. The van der Waals surface area contributed by atoms with Crippen molar-refractivity contribution < 1.29 is 19.5 Å². The van der Waals surface area contributed by atoms with Crippen molar-refractivity contribution in [2.24, 2.45) is 0 Å². The minimum absolute atomic E-state index is 0.0140. The molecule has 2 amide bonds. The largest absolute Gasteiger partial charge is 0.489 e. The molecule has 1 aliphatic heterocycles. The lowest BCUT2D eigenvalue weighted by molar-refractivity contribution is -0.132. The van der Waals surface area contributed by atoms with Gasteiger partial charge in [-0.3, -0.25) is 19.8 Å². The predicted octanol–water partition coefficient (Wildman–Crippen LogP) is 2.43. The molecule has 8 heteroatoms. The van der Waals surface area contributed by atoms with Crippen LogP contribution in [0.3, 0.4) is 0 Å². The van der Waals surface area contributed by atoms with Crippen LogP contribution in [0.4, 0.5) is 0 Å². The lowest BCUT2D eigenvalue weighted by atomic mass is 9.86. The monoisotopic (exact) mass is 434 g/mol. The van der Waals surface area contributed by atoms with Gasteiger partial charge in [-0.1, -0.05) is 18.2 Å². The molecule has 8 nitrogen and oxygen atoms in total. The molecular weight excluding hydrogens is 408 g/mol. The van der Waals surface area contributed by atoms with Gasteiger partial charge in [0, 0.05) is 35.3 Å². The Balaban J connectivity index is 1.41. The lowest BCUT2D eigenvalue weighted by Gasteiger charge is -2.48. The SMILES string of the molecule is Cc1cc(COc2ccc(C(=O)NC3(CC(=O)NO)CN(C)C3)cc2)c2ccccc2n1. The molecule has 1 aromatic heterocycles. The summed E-state index contributed by atoms with van der Waals surface area (Å²) < 4.78 is 5.96. The van der Waals surface area contributed by atoms with Crippen molar-refractivity contribution in [3.05, 3.63) is 71.4 Å². The van der Waals surface area contributed by atoms with E-state index >= 15 is 0 Å². The van der Waals surface area contributed by atoms with E-state index in [4.69, 9.17) is 9.94 Å². The number of benzene rings is 2. The number of nitrogens with one attached hydrogen (secondary N) is 2. The average molecular weight is 434 g/mol. The van der Waals surface area contributed by atoms with Crippen molar-refractivity contribution in [1.82, 2.24) is 20.7 Å². The second-order valence-electron chi connectivity index (χ2n) is 8.37. The average Bonchev–Trinajstić information content (AvgIpc) is 2.76. The van der Waals surface area contributed by atoms with E-state index in [0.717, 1.165) is 22.2 Å². The fraction of sp³-hybridized carbons (Fsp3) is 0.292. The number of rotatable bonds is 7. The maximum Gasteiger partial charge on any atom is 0.251 e. The highest BCUT2D eigenvalue weighted by atomic mass is 16.5. The van der Waals surface area contributed by atoms with E-state index in [1.807, 2.05) is 49.2 Å². The van der Waals surface area contributed by atoms with E-state index in [1.54, 1.807) is 29.7 Å². The number of pyridine rings is 1. The summed E-state index contributed by atoms with van der Waals surface area (Å²) >= 11 is 0. The molecule has 0 bridgehead atoms. The molecule has 166 valence electrons. The number of para-hydroxylation sites is 1. The van der Waals surface area contributed by atoms with Crippen LogP contribution in [-0.4, -0.2) is 52.6 Å². The van der Waals surface area contributed by atoms with Gasteiger partial charge >= 0.3 is 0 Å². The predicted molar refractivity (Wildman–Crippen MR) is 119 cm³/mol. The number of amides is 2. The summed E-state index contributed by atoms with van der Waals surface area (Å²) in [7, 11) is 1.90. The second-order valence-corrected chi connectivity index (χ2v) is 8.37. The van der Waals surface area contributed by atoms with Crippen LogP contribution in [0.1, 0.15) is 28.0 Å². The van der Waals surface area contributed by atoms with Crippen molar-refractivity contribution in [2.75, 3.05) is 20.1 Å². The van der Waals surface area contributed by atoms with E-state index in [2.05, 4.69) is 10.3 Å². The van der Waals surface area contributed by atoms with Crippen LogP contribution >= 0.6 is 0 Å². The van der Waals surface area contributed by atoms with Crippen molar-refractivity contribution in [3.63, 3.8) is 0 Å². The van der Waals surface area contributed by atoms with Crippen LogP contribution in [0.25, 0.3) is 10.9 Å². The molecule has 2 heterocycles. The van der Waals surface area contributed by atoms with Crippen LogP contribution in [0, 0.1) is 6.92 Å². The van der Waals surface area contributed by atoms with E-state index < -0.39 is 11.4 Å². The summed E-state index contributed by atoms with van der Waals surface area (Å²) in [6, 6.07) is 16.9. The Bertz CT molecular complexity index is 1140. The summed E-state index contributed by atoms with van der Waals surface area (Å²) in [6.45, 7) is 3.42. The lowest BCUT2D eigenvalue weighted by Crippen LogP contribution is -2.70. The Kier molecular flexibility index (Phi) is 6.07. The Hall–Kier alpha value is -3.49. The third-order valence-electron chi connectivity index (χ3n) is 5.59. The first-order valence-electron chi connectivity index (χ1n) is 10.4. The van der Waals surface area contributed by atoms with Crippen LogP contribution in [-0.2, 0) is 11.4 Å².